The Balaban J connectivity index is 1.38. The molecular formula is C32H25N3O4. The lowest BCUT2D eigenvalue weighted by molar-refractivity contribution is 0.0696. The van der Waals surface area contributed by atoms with Crippen molar-refractivity contribution < 1.29 is 19.2 Å². The minimum atomic E-state index is -0.988. The molecule has 0 saturated heterocycles. The van der Waals surface area contributed by atoms with Gasteiger partial charge in [-0.15, -0.1) is 0 Å². The van der Waals surface area contributed by atoms with Crippen LogP contribution in [0.25, 0.3) is 27.4 Å². The third-order valence-electron chi connectivity index (χ3n) is 7.03. The summed E-state index contributed by atoms with van der Waals surface area (Å²) in [7, 11) is 0. The molecule has 0 radical (unpaired) electrons. The second kappa shape index (κ2) is 9.95. The van der Waals surface area contributed by atoms with E-state index in [1.54, 1.807) is 36.7 Å². The minimum absolute atomic E-state index is 0.200. The van der Waals surface area contributed by atoms with Gasteiger partial charge in [-0.25, -0.2) is 4.79 Å². The fourth-order valence-electron chi connectivity index (χ4n) is 4.96. The van der Waals surface area contributed by atoms with E-state index in [2.05, 4.69) is 40.8 Å². The molecule has 3 aromatic heterocycles. The van der Waals surface area contributed by atoms with E-state index < -0.39 is 5.97 Å². The molecule has 2 N–H and O–H groups in total. The molecule has 1 atom stereocenters. The van der Waals surface area contributed by atoms with Crippen molar-refractivity contribution in [2.24, 2.45) is 0 Å². The number of nitrogens with zero attached hydrogens (tertiary/aromatic N) is 2. The lowest BCUT2D eigenvalue weighted by Gasteiger charge is -2.17. The maximum Gasteiger partial charge on any atom is 0.335 e. The van der Waals surface area contributed by atoms with Gasteiger partial charge in [-0.1, -0.05) is 59.8 Å². The second-order valence-electron chi connectivity index (χ2n) is 9.61. The van der Waals surface area contributed by atoms with E-state index in [0.29, 0.717) is 12.1 Å². The van der Waals surface area contributed by atoms with Gasteiger partial charge in [0.1, 0.15) is 12.0 Å². The van der Waals surface area contributed by atoms with Crippen LogP contribution in [0.5, 0.6) is 0 Å². The predicted molar refractivity (Wildman–Crippen MR) is 149 cm³/mol. The first kappa shape index (κ1) is 24.2. The maximum atomic E-state index is 13.8. The van der Waals surface area contributed by atoms with Crippen molar-refractivity contribution in [3.05, 3.63) is 132 Å². The zero-order valence-corrected chi connectivity index (χ0v) is 21.2. The van der Waals surface area contributed by atoms with Crippen LogP contribution in [0, 0.1) is 0 Å². The van der Waals surface area contributed by atoms with Gasteiger partial charge in [0.05, 0.1) is 17.8 Å². The van der Waals surface area contributed by atoms with Crippen LogP contribution in [0.1, 0.15) is 50.6 Å². The Labute approximate surface area is 224 Å². The van der Waals surface area contributed by atoms with Crippen LogP contribution < -0.4 is 5.32 Å². The summed E-state index contributed by atoms with van der Waals surface area (Å²) in [6.45, 7) is 1.88. The average molecular weight is 516 g/mol. The van der Waals surface area contributed by atoms with Crippen LogP contribution in [-0.2, 0) is 6.42 Å². The maximum absolute atomic E-state index is 13.8. The van der Waals surface area contributed by atoms with E-state index in [0.717, 1.165) is 33.5 Å². The summed E-state index contributed by atoms with van der Waals surface area (Å²) in [5, 5.41) is 18.5. The summed E-state index contributed by atoms with van der Waals surface area (Å²) in [6, 6.07) is 28.8. The Morgan fingerprint density at radius 3 is 2.46 bits per heavy atom. The minimum Gasteiger partial charge on any atom is -0.478 e. The monoisotopic (exact) mass is 515 g/mol. The molecule has 0 bridgehead atoms. The second-order valence-corrected chi connectivity index (χ2v) is 9.61. The standard InChI is InChI=1S/C32H25N3O4/c1-20(22-8-10-24(11-9-22)32(37)38)34-31(36)30-17-26(27-18-33-39-19-27)16-29-13-12-28(35(29)30)15-21-6-7-23-4-2-3-5-25(23)14-21/h2-14,16-20H,15H2,1H3,(H,34,36)(H,37,38)/t20-/m0/s1. The number of hydrogen-bond acceptors (Lipinski definition) is 4. The highest BCUT2D eigenvalue weighted by Crippen LogP contribution is 2.27. The Morgan fingerprint density at radius 1 is 0.923 bits per heavy atom. The quantitative estimate of drug-likeness (QED) is 0.252. The molecule has 0 fully saturated rings. The van der Waals surface area contributed by atoms with Crippen molar-refractivity contribution in [1.29, 1.82) is 0 Å². The van der Waals surface area contributed by atoms with Crippen molar-refractivity contribution in [1.82, 2.24) is 14.9 Å². The van der Waals surface area contributed by atoms with Crippen LogP contribution in [0.3, 0.4) is 0 Å². The first-order chi connectivity index (χ1) is 19.0. The highest BCUT2D eigenvalue weighted by atomic mass is 16.5. The third-order valence-corrected chi connectivity index (χ3v) is 7.03. The number of amides is 1. The molecule has 192 valence electrons. The molecule has 39 heavy (non-hydrogen) atoms. The van der Waals surface area contributed by atoms with Gasteiger partial charge in [0, 0.05) is 23.2 Å². The number of benzene rings is 3. The molecule has 0 aliphatic rings. The number of carboxylic acid groups (broad SMARTS) is 1. The first-order valence-corrected chi connectivity index (χ1v) is 12.6. The summed E-state index contributed by atoms with van der Waals surface area (Å²) in [6.07, 6.45) is 3.83. The molecule has 6 rings (SSSR count). The number of nitrogens with one attached hydrogen (secondary N) is 1. The largest absolute Gasteiger partial charge is 0.478 e. The number of carbonyl (C=O) groups is 2. The smallest absolute Gasteiger partial charge is 0.335 e. The van der Waals surface area contributed by atoms with E-state index >= 15 is 0 Å². The molecule has 0 aliphatic heterocycles. The van der Waals surface area contributed by atoms with Gasteiger partial charge in [0.2, 0.25) is 0 Å². The Kier molecular flexibility index (Phi) is 6.17. The fraction of sp³-hybridized carbons (Fsp3) is 0.0938. The van der Waals surface area contributed by atoms with Gasteiger partial charge < -0.3 is 19.3 Å². The molecule has 7 nitrogen and oxygen atoms in total. The summed E-state index contributed by atoms with van der Waals surface area (Å²) >= 11 is 0. The number of aromatic carboxylic acids is 1. The Hall–Kier alpha value is -5.17. The fourth-order valence-corrected chi connectivity index (χ4v) is 4.96. The zero-order chi connectivity index (χ0) is 26.9. The number of rotatable bonds is 7. The molecule has 0 aliphatic carbocycles. The van der Waals surface area contributed by atoms with Crippen molar-refractivity contribution in [2.45, 2.75) is 19.4 Å². The van der Waals surface area contributed by atoms with Crippen LogP contribution in [-0.4, -0.2) is 26.5 Å². The molecule has 6 aromatic rings. The Morgan fingerprint density at radius 2 is 1.72 bits per heavy atom. The van der Waals surface area contributed by atoms with Gasteiger partial charge in [0.15, 0.2) is 0 Å². The predicted octanol–water partition coefficient (Wildman–Crippen LogP) is 6.53. The van der Waals surface area contributed by atoms with Crippen LogP contribution >= 0.6 is 0 Å². The van der Waals surface area contributed by atoms with Gasteiger partial charge in [-0.05, 0) is 70.8 Å². The number of carbonyl (C=O) groups excluding carboxylic acids is 1. The zero-order valence-electron chi connectivity index (χ0n) is 21.2. The van der Waals surface area contributed by atoms with Gasteiger partial charge >= 0.3 is 5.97 Å². The van der Waals surface area contributed by atoms with Crippen molar-refractivity contribution >= 4 is 28.2 Å². The van der Waals surface area contributed by atoms with Crippen molar-refractivity contribution in [3.63, 3.8) is 0 Å². The van der Waals surface area contributed by atoms with Gasteiger partial charge in [-0.2, -0.15) is 0 Å². The lowest BCUT2D eigenvalue weighted by Crippen LogP contribution is -2.28. The van der Waals surface area contributed by atoms with Crippen LogP contribution in [0.15, 0.2) is 108 Å². The number of aromatic nitrogens is 2. The van der Waals surface area contributed by atoms with Gasteiger partial charge in [0.25, 0.3) is 5.91 Å². The molecule has 1 amide bonds. The highest BCUT2D eigenvalue weighted by Gasteiger charge is 2.19. The average Bonchev–Trinajstić information content (AvgIpc) is 3.63. The third kappa shape index (κ3) is 4.78. The van der Waals surface area contributed by atoms with Gasteiger partial charge in [-0.3, -0.25) is 4.79 Å². The summed E-state index contributed by atoms with van der Waals surface area (Å²) in [5.74, 6) is -1.23. The topological polar surface area (TPSA) is 96.8 Å². The van der Waals surface area contributed by atoms with Crippen LogP contribution in [0.2, 0.25) is 0 Å². The van der Waals surface area contributed by atoms with E-state index in [4.69, 9.17) is 4.52 Å². The highest BCUT2D eigenvalue weighted by molar-refractivity contribution is 5.95. The SMILES string of the molecule is C[C@H](NC(=O)c1cc(-c2cnoc2)cc2ccc(Cc3ccc4ccccc4c3)n12)c1ccc(C(=O)O)cc1. The summed E-state index contributed by atoms with van der Waals surface area (Å²) in [4.78, 5) is 25.0. The normalized spacial score (nSPS) is 12.0. The van der Waals surface area contributed by atoms with Crippen molar-refractivity contribution in [3.8, 4) is 11.1 Å². The van der Waals surface area contributed by atoms with E-state index in [9.17, 15) is 14.7 Å². The number of hydrogen-bond donors (Lipinski definition) is 2. The van der Waals surface area contributed by atoms with E-state index in [1.807, 2.05) is 47.7 Å². The number of pyridine rings is 1. The first-order valence-electron chi connectivity index (χ1n) is 12.6. The van der Waals surface area contributed by atoms with E-state index in [-0.39, 0.29) is 17.5 Å². The van der Waals surface area contributed by atoms with Crippen molar-refractivity contribution in [2.75, 3.05) is 0 Å². The molecule has 3 heterocycles. The molecule has 0 spiro atoms. The molecule has 3 aromatic carbocycles. The summed E-state index contributed by atoms with van der Waals surface area (Å²) in [5.41, 5.74) is 6.11. The molecule has 0 saturated carbocycles. The molecule has 0 unspecified atom stereocenters. The number of carboxylic acids is 1. The molecule has 7 heteroatoms. The molecular weight excluding hydrogens is 490 g/mol. The summed E-state index contributed by atoms with van der Waals surface area (Å²) < 4.78 is 7.04. The lowest BCUT2D eigenvalue weighted by atomic mass is 10.0. The van der Waals surface area contributed by atoms with E-state index in [1.165, 1.54) is 10.8 Å². The Bertz CT molecular complexity index is 1820. The number of fused-ring (bicyclic) bond motifs is 2. The van der Waals surface area contributed by atoms with Crippen LogP contribution in [0.4, 0.5) is 0 Å².